The molecule has 0 aliphatic heterocycles. The second-order valence-corrected chi connectivity index (χ2v) is 4.44. The fourth-order valence-corrected chi connectivity index (χ4v) is 1.74. The van der Waals surface area contributed by atoms with E-state index in [1.54, 1.807) is 12.1 Å². The third-order valence-corrected chi connectivity index (χ3v) is 2.67. The van der Waals surface area contributed by atoms with Gasteiger partial charge in [0.25, 0.3) is 0 Å². The van der Waals surface area contributed by atoms with E-state index in [0.29, 0.717) is 5.56 Å². The summed E-state index contributed by atoms with van der Waals surface area (Å²) in [5, 5.41) is 13.0. The summed E-state index contributed by atoms with van der Waals surface area (Å²) in [5.74, 6) is -0.650. The standard InChI is InChI=1S/C10H9BrFN5O/c11-8-1-2-9(12)7(3-8)4-13-10(18)5-17-6-14-15-16-17/h1-3,6H,4-5H2,(H,13,18). The number of aromatic nitrogens is 4. The van der Waals surface area contributed by atoms with E-state index < -0.39 is 0 Å². The molecule has 2 aromatic rings. The van der Waals surface area contributed by atoms with Crippen molar-refractivity contribution in [3.05, 3.63) is 40.4 Å². The van der Waals surface area contributed by atoms with Gasteiger partial charge in [-0.25, -0.2) is 9.07 Å². The van der Waals surface area contributed by atoms with Gasteiger partial charge in [0.2, 0.25) is 5.91 Å². The Kier molecular flexibility index (Phi) is 3.98. The number of carbonyl (C=O) groups excluding carboxylic acids is 1. The summed E-state index contributed by atoms with van der Waals surface area (Å²) >= 11 is 3.24. The molecule has 1 N–H and O–H groups in total. The molecule has 0 aliphatic rings. The van der Waals surface area contributed by atoms with Crippen LogP contribution in [0.25, 0.3) is 0 Å². The molecule has 2 rings (SSSR count). The number of amides is 1. The van der Waals surface area contributed by atoms with E-state index in [-0.39, 0.29) is 24.8 Å². The van der Waals surface area contributed by atoms with E-state index >= 15 is 0 Å². The molecule has 1 heterocycles. The van der Waals surface area contributed by atoms with Crippen LogP contribution in [0.2, 0.25) is 0 Å². The van der Waals surface area contributed by atoms with Crippen LogP contribution in [-0.2, 0) is 17.9 Å². The van der Waals surface area contributed by atoms with Gasteiger partial charge in [-0.2, -0.15) is 0 Å². The maximum atomic E-state index is 13.4. The van der Waals surface area contributed by atoms with Crippen LogP contribution in [0.1, 0.15) is 5.56 Å². The Bertz CT molecular complexity index is 545. The van der Waals surface area contributed by atoms with Gasteiger partial charge < -0.3 is 5.32 Å². The molecule has 0 fully saturated rings. The Morgan fingerprint density at radius 3 is 3.06 bits per heavy atom. The molecule has 0 spiro atoms. The van der Waals surface area contributed by atoms with Gasteiger partial charge >= 0.3 is 0 Å². The molecule has 6 nitrogen and oxygen atoms in total. The molecule has 94 valence electrons. The van der Waals surface area contributed by atoms with E-state index in [0.717, 1.165) is 4.47 Å². The second kappa shape index (κ2) is 5.67. The third kappa shape index (κ3) is 3.33. The summed E-state index contributed by atoms with van der Waals surface area (Å²) in [6.07, 6.45) is 1.33. The number of tetrazole rings is 1. The number of hydrogen-bond donors (Lipinski definition) is 1. The molecule has 8 heteroatoms. The molecule has 18 heavy (non-hydrogen) atoms. The van der Waals surface area contributed by atoms with E-state index in [9.17, 15) is 9.18 Å². The fourth-order valence-electron chi connectivity index (χ4n) is 1.33. The first-order valence-corrected chi connectivity index (χ1v) is 5.86. The van der Waals surface area contributed by atoms with Crippen molar-refractivity contribution in [3.63, 3.8) is 0 Å². The SMILES string of the molecule is O=C(Cn1cnnn1)NCc1cc(Br)ccc1F. The van der Waals surface area contributed by atoms with Crippen molar-refractivity contribution in [2.75, 3.05) is 0 Å². The lowest BCUT2D eigenvalue weighted by molar-refractivity contribution is -0.122. The number of halogens is 2. The van der Waals surface area contributed by atoms with Crippen molar-refractivity contribution < 1.29 is 9.18 Å². The Hall–Kier alpha value is -1.83. The van der Waals surface area contributed by atoms with Crippen molar-refractivity contribution in [2.45, 2.75) is 13.1 Å². The van der Waals surface area contributed by atoms with Crippen LogP contribution in [0.15, 0.2) is 29.0 Å². The summed E-state index contributed by atoms with van der Waals surface area (Å²) < 4.78 is 15.4. The van der Waals surface area contributed by atoms with Crippen molar-refractivity contribution in [3.8, 4) is 0 Å². The Labute approximate surface area is 110 Å². The van der Waals surface area contributed by atoms with E-state index in [1.807, 2.05) is 0 Å². The highest BCUT2D eigenvalue weighted by Gasteiger charge is 2.06. The van der Waals surface area contributed by atoms with E-state index in [1.165, 1.54) is 17.1 Å². The highest BCUT2D eigenvalue weighted by Crippen LogP contribution is 2.15. The molecule has 0 aliphatic carbocycles. The van der Waals surface area contributed by atoms with Crippen LogP contribution in [0.3, 0.4) is 0 Å². The van der Waals surface area contributed by atoms with Crippen molar-refractivity contribution >= 4 is 21.8 Å². The molecular weight excluding hydrogens is 305 g/mol. The third-order valence-electron chi connectivity index (χ3n) is 2.18. The van der Waals surface area contributed by atoms with Crippen LogP contribution in [0, 0.1) is 5.82 Å². The summed E-state index contributed by atoms with van der Waals surface area (Å²) in [5.41, 5.74) is 0.412. The molecule has 0 radical (unpaired) electrons. The lowest BCUT2D eigenvalue weighted by Gasteiger charge is -2.06. The first kappa shape index (κ1) is 12.6. The van der Waals surface area contributed by atoms with Crippen LogP contribution in [0.4, 0.5) is 4.39 Å². The second-order valence-electron chi connectivity index (χ2n) is 3.52. The Morgan fingerprint density at radius 2 is 2.33 bits per heavy atom. The summed E-state index contributed by atoms with van der Waals surface area (Å²) in [6, 6.07) is 4.56. The summed E-state index contributed by atoms with van der Waals surface area (Å²) in [4.78, 5) is 11.5. The zero-order valence-corrected chi connectivity index (χ0v) is 10.8. The maximum Gasteiger partial charge on any atom is 0.242 e. The smallest absolute Gasteiger partial charge is 0.242 e. The average Bonchev–Trinajstić information content (AvgIpc) is 2.83. The van der Waals surface area contributed by atoms with Crippen LogP contribution >= 0.6 is 15.9 Å². The molecule has 0 saturated carbocycles. The van der Waals surface area contributed by atoms with Gasteiger partial charge in [0, 0.05) is 16.6 Å². The van der Waals surface area contributed by atoms with Crippen LogP contribution in [0.5, 0.6) is 0 Å². The van der Waals surface area contributed by atoms with Gasteiger partial charge in [-0.05, 0) is 28.6 Å². The largest absolute Gasteiger partial charge is 0.350 e. The number of nitrogens with zero attached hydrogens (tertiary/aromatic N) is 4. The van der Waals surface area contributed by atoms with Gasteiger partial charge in [0.15, 0.2) is 0 Å². The zero-order chi connectivity index (χ0) is 13.0. The van der Waals surface area contributed by atoms with Gasteiger partial charge in [0.05, 0.1) is 0 Å². The minimum absolute atomic E-state index is 0.00260. The molecule has 1 aromatic carbocycles. The van der Waals surface area contributed by atoms with Gasteiger partial charge in [0.1, 0.15) is 18.7 Å². The molecule has 1 aromatic heterocycles. The Morgan fingerprint density at radius 1 is 1.50 bits per heavy atom. The monoisotopic (exact) mass is 313 g/mol. The highest BCUT2D eigenvalue weighted by atomic mass is 79.9. The highest BCUT2D eigenvalue weighted by molar-refractivity contribution is 9.10. The average molecular weight is 314 g/mol. The van der Waals surface area contributed by atoms with Crippen LogP contribution in [-0.4, -0.2) is 26.1 Å². The predicted molar refractivity (Wildman–Crippen MR) is 63.8 cm³/mol. The van der Waals surface area contributed by atoms with Crippen molar-refractivity contribution in [1.82, 2.24) is 25.5 Å². The Balaban J connectivity index is 1.91. The quantitative estimate of drug-likeness (QED) is 0.910. The van der Waals surface area contributed by atoms with Crippen molar-refractivity contribution in [1.29, 1.82) is 0 Å². The van der Waals surface area contributed by atoms with Crippen LogP contribution < -0.4 is 5.32 Å². The topological polar surface area (TPSA) is 72.7 Å². The zero-order valence-electron chi connectivity index (χ0n) is 9.18. The minimum Gasteiger partial charge on any atom is -0.350 e. The van der Waals surface area contributed by atoms with Crippen molar-refractivity contribution in [2.24, 2.45) is 0 Å². The number of hydrogen-bond acceptors (Lipinski definition) is 4. The lowest BCUT2D eigenvalue weighted by Crippen LogP contribution is -2.27. The first-order valence-electron chi connectivity index (χ1n) is 5.06. The molecule has 0 bridgehead atoms. The molecule has 1 amide bonds. The predicted octanol–water partition coefficient (Wildman–Crippen LogP) is 0.891. The first-order chi connectivity index (χ1) is 8.65. The molecule has 0 atom stereocenters. The molecule has 0 unspecified atom stereocenters. The van der Waals surface area contributed by atoms with E-state index in [2.05, 4.69) is 36.8 Å². The van der Waals surface area contributed by atoms with E-state index in [4.69, 9.17) is 0 Å². The summed E-state index contributed by atoms with van der Waals surface area (Å²) in [7, 11) is 0. The fraction of sp³-hybridized carbons (Fsp3) is 0.200. The lowest BCUT2D eigenvalue weighted by atomic mass is 10.2. The maximum absolute atomic E-state index is 13.4. The summed E-state index contributed by atoms with van der Waals surface area (Å²) in [6.45, 7) is 0.120. The number of rotatable bonds is 4. The normalized spacial score (nSPS) is 10.3. The number of carbonyl (C=O) groups is 1. The van der Waals surface area contributed by atoms with Gasteiger partial charge in [-0.15, -0.1) is 5.10 Å². The van der Waals surface area contributed by atoms with Gasteiger partial charge in [-0.3, -0.25) is 4.79 Å². The number of nitrogens with one attached hydrogen (secondary N) is 1. The molecular formula is C10H9BrFN5O. The van der Waals surface area contributed by atoms with Gasteiger partial charge in [-0.1, -0.05) is 15.9 Å². The minimum atomic E-state index is -0.360. The molecule has 0 saturated heterocycles. The number of benzene rings is 1.